The van der Waals surface area contributed by atoms with Crippen LogP contribution in [0.2, 0.25) is 0 Å². The van der Waals surface area contributed by atoms with Gasteiger partial charge in [-0.05, 0) is 86.8 Å². The van der Waals surface area contributed by atoms with Crippen molar-refractivity contribution in [2.45, 2.75) is 30.2 Å². The highest BCUT2D eigenvalue weighted by Gasteiger charge is 2.34. The predicted octanol–water partition coefficient (Wildman–Crippen LogP) is 5.38. The quantitative estimate of drug-likeness (QED) is 0.323. The molecule has 1 aromatic heterocycles. The zero-order chi connectivity index (χ0) is 26.4. The summed E-state index contributed by atoms with van der Waals surface area (Å²) in [7, 11) is 3.57. The van der Waals surface area contributed by atoms with Crippen molar-refractivity contribution < 1.29 is 23.4 Å². The van der Waals surface area contributed by atoms with E-state index in [0.717, 1.165) is 60.2 Å². The minimum absolute atomic E-state index is 0.0580. The van der Waals surface area contributed by atoms with Gasteiger partial charge in [0.1, 0.15) is 17.4 Å². The number of aromatic nitrogens is 1. The third kappa shape index (κ3) is 6.77. The zero-order valence-corrected chi connectivity index (χ0v) is 21.9. The standard InChI is InChI=1S/C28H33F2N3O3S/c1-31-25(21-9-11-32-26-8-5-20(36-2)16-22(21)26)7-3-18-10-12-33(17-23(18)28(34)35)13-14-37-27-15-19(29)4-6-24(27)30/h4-6,8-9,11,15-16,18,23,25,31H,3,7,10,12-14,17H2,1-2H3,(H,34,35)/t18-,23+,25?/m1/s1. The molecule has 2 heterocycles. The number of nitrogens with one attached hydrogen (secondary N) is 1. The number of fused-ring (bicyclic) bond motifs is 1. The molecule has 9 heteroatoms. The number of pyridine rings is 1. The molecule has 0 bridgehead atoms. The van der Waals surface area contributed by atoms with E-state index in [0.29, 0.717) is 18.8 Å². The van der Waals surface area contributed by atoms with E-state index in [1.54, 1.807) is 13.3 Å². The highest BCUT2D eigenvalue weighted by molar-refractivity contribution is 7.99. The molecule has 6 nitrogen and oxygen atoms in total. The van der Waals surface area contributed by atoms with E-state index in [1.165, 1.54) is 17.8 Å². The molecule has 1 saturated heterocycles. The Hall–Kier alpha value is -2.75. The first-order valence-corrected chi connectivity index (χ1v) is 13.5. The average molecular weight is 530 g/mol. The maximum atomic E-state index is 13.9. The molecule has 1 aliphatic heterocycles. The monoisotopic (exact) mass is 529 g/mol. The van der Waals surface area contributed by atoms with Gasteiger partial charge in [0.25, 0.3) is 0 Å². The lowest BCUT2D eigenvalue weighted by Crippen LogP contribution is -2.44. The number of benzene rings is 2. The average Bonchev–Trinajstić information content (AvgIpc) is 2.91. The highest BCUT2D eigenvalue weighted by Crippen LogP contribution is 2.34. The van der Waals surface area contributed by atoms with Crippen molar-refractivity contribution in [3.63, 3.8) is 0 Å². The molecule has 3 atom stereocenters. The van der Waals surface area contributed by atoms with E-state index >= 15 is 0 Å². The second kappa shape index (κ2) is 12.7. The molecule has 2 aromatic carbocycles. The van der Waals surface area contributed by atoms with Crippen molar-refractivity contribution >= 4 is 28.6 Å². The second-order valence-corrected chi connectivity index (χ2v) is 10.6. The third-order valence-corrected chi connectivity index (χ3v) is 8.26. The fraction of sp³-hybridized carbons (Fsp3) is 0.429. The van der Waals surface area contributed by atoms with Crippen LogP contribution in [0.4, 0.5) is 8.78 Å². The number of aliphatic carboxylic acids is 1. The van der Waals surface area contributed by atoms with Gasteiger partial charge < -0.3 is 20.1 Å². The lowest BCUT2D eigenvalue weighted by atomic mass is 9.81. The van der Waals surface area contributed by atoms with Gasteiger partial charge in [0.15, 0.2) is 0 Å². The molecule has 1 unspecified atom stereocenters. The van der Waals surface area contributed by atoms with Crippen molar-refractivity contribution in [2.75, 3.05) is 39.5 Å². The summed E-state index contributed by atoms with van der Waals surface area (Å²) in [5.41, 5.74) is 2.02. The first-order valence-electron chi connectivity index (χ1n) is 12.5. The molecule has 0 radical (unpaired) electrons. The van der Waals surface area contributed by atoms with Gasteiger partial charge in [0.2, 0.25) is 0 Å². The first kappa shape index (κ1) is 27.3. The summed E-state index contributed by atoms with van der Waals surface area (Å²) in [6, 6.07) is 11.3. The Bertz CT molecular complexity index is 1230. The van der Waals surface area contributed by atoms with Crippen molar-refractivity contribution in [1.29, 1.82) is 0 Å². The summed E-state index contributed by atoms with van der Waals surface area (Å²) in [5, 5.41) is 14.4. The van der Waals surface area contributed by atoms with Gasteiger partial charge in [-0.15, -0.1) is 11.8 Å². The van der Waals surface area contributed by atoms with Crippen LogP contribution in [0.3, 0.4) is 0 Å². The number of carboxylic acid groups (broad SMARTS) is 1. The Morgan fingerprint density at radius 2 is 2.11 bits per heavy atom. The van der Waals surface area contributed by atoms with Crippen molar-refractivity contribution in [3.05, 3.63) is 65.9 Å². The van der Waals surface area contributed by atoms with Gasteiger partial charge in [0, 0.05) is 41.4 Å². The van der Waals surface area contributed by atoms with Crippen LogP contribution in [0.5, 0.6) is 5.75 Å². The number of piperidine rings is 1. The Balaban J connectivity index is 1.36. The zero-order valence-electron chi connectivity index (χ0n) is 21.1. The number of halogens is 2. The first-order chi connectivity index (χ1) is 17.9. The second-order valence-electron chi connectivity index (χ2n) is 9.42. The van der Waals surface area contributed by atoms with Crippen LogP contribution in [-0.4, -0.2) is 60.5 Å². The van der Waals surface area contributed by atoms with Gasteiger partial charge in [-0.25, -0.2) is 8.78 Å². The SMILES string of the molecule is CNC(CC[C@@H]1CCN(CCSc2cc(F)ccc2F)C[C@@H]1C(=O)O)c1ccnc2ccc(OC)cc12. The van der Waals surface area contributed by atoms with Crippen molar-refractivity contribution in [1.82, 2.24) is 15.2 Å². The van der Waals surface area contributed by atoms with Gasteiger partial charge in [-0.2, -0.15) is 0 Å². The van der Waals surface area contributed by atoms with Gasteiger partial charge in [-0.3, -0.25) is 9.78 Å². The van der Waals surface area contributed by atoms with Crippen molar-refractivity contribution in [2.24, 2.45) is 11.8 Å². The van der Waals surface area contributed by atoms with E-state index in [4.69, 9.17) is 4.74 Å². The van der Waals surface area contributed by atoms with Crippen LogP contribution in [0, 0.1) is 23.5 Å². The van der Waals surface area contributed by atoms with Crippen LogP contribution in [-0.2, 0) is 4.79 Å². The van der Waals surface area contributed by atoms with Crippen LogP contribution < -0.4 is 10.1 Å². The fourth-order valence-electron chi connectivity index (χ4n) is 5.18. The number of hydrogen-bond acceptors (Lipinski definition) is 6. The maximum Gasteiger partial charge on any atom is 0.308 e. The third-order valence-electron chi connectivity index (χ3n) is 7.25. The maximum absolute atomic E-state index is 13.9. The van der Waals surface area contributed by atoms with E-state index < -0.39 is 23.5 Å². The summed E-state index contributed by atoms with van der Waals surface area (Å²) in [4.78, 5) is 19.0. The molecular formula is C28H33F2N3O3S. The lowest BCUT2D eigenvalue weighted by molar-refractivity contribution is -0.146. The number of hydrogen-bond donors (Lipinski definition) is 2. The van der Waals surface area contributed by atoms with Gasteiger partial charge >= 0.3 is 5.97 Å². The molecular weight excluding hydrogens is 496 g/mol. The van der Waals surface area contributed by atoms with E-state index in [1.807, 2.05) is 31.3 Å². The largest absolute Gasteiger partial charge is 0.497 e. The van der Waals surface area contributed by atoms with Gasteiger partial charge in [-0.1, -0.05) is 0 Å². The molecule has 4 rings (SSSR count). The summed E-state index contributed by atoms with van der Waals surface area (Å²) in [6.45, 7) is 1.88. The summed E-state index contributed by atoms with van der Waals surface area (Å²) >= 11 is 1.26. The number of carbonyl (C=O) groups is 1. The van der Waals surface area contributed by atoms with Crippen LogP contribution >= 0.6 is 11.8 Å². The number of methoxy groups -OCH3 is 1. The Kier molecular flexibility index (Phi) is 9.34. The molecule has 1 aliphatic rings. The van der Waals surface area contributed by atoms with E-state index in [9.17, 15) is 18.7 Å². The molecule has 0 aliphatic carbocycles. The molecule has 198 valence electrons. The summed E-state index contributed by atoms with van der Waals surface area (Å²) in [5.74, 6) is -0.732. The summed E-state index contributed by atoms with van der Waals surface area (Å²) in [6.07, 6.45) is 4.18. The molecule has 0 amide bonds. The van der Waals surface area contributed by atoms with Gasteiger partial charge in [0.05, 0.1) is 18.5 Å². The van der Waals surface area contributed by atoms with E-state index in [2.05, 4.69) is 15.2 Å². The molecule has 37 heavy (non-hydrogen) atoms. The Morgan fingerprint density at radius 3 is 2.86 bits per heavy atom. The van der Waals surface area contributed by atoms with E-state index in [-0.39, 0.29) is 16.9 Å². The number of nitrogens with zero attached hydrogens (tertiary/aromatic N) is 2. The summed E-state index contributed by atoms with van der Waals surface area (Å²) < 4.78 is 32.7. The Labute approximate surface area is 220 Å². The number of carboxylic acids is 1. The predicted molar refractivity (Wildman–Crippen MR) is 142 cm³/mol. The molecule has 3 aromatic rings. The topological polar surface area (TPSA) is 74.7 Å². The number of ether oxygens (including phenoxy) is 1. The lowest BCUT2D eigenvalue weighted by Gasteiger charge is -2.37. The number of rotatable bonds is 11. The molecule has 1 fully saturated rings. The van der Waals surface area contributed by atoms with Crippen LogP contribution in [0.1, 0.15) is 30.9 Å². The molecule has 0 saturated carbocycles. The number of thioether (sulfide) groups is 1. The molecule has 2 N–H and O–H groups in total. The normalized spacial score (nSPS) is 19.1. The van der Waals surface area contributed by atoms with Crippen molar-refractivity contribution in [3.8, 4) is 5.75 Å². The Morgan fingerprint density at radius 1 is 1.27 bits per heavy atom. The van der Waals surface area contributed by atoms with Crippen LogP contribution in [0.15, 0.2) is 53.6 Å². The highest BCUT2D eigenvalue weighted by atomic mass is 32.2. The minimum atomic E-state index is -0.779. The smallest absolute Gasteiger partial charge is 0.308 e. The minimum Gasteiger partial charge on any atom is -0.497 e. The fourth-order valence-corrected chi connectivity index (χ4v) is 6.15. The molecule has 0 spiro atoms. The number of likely N-dealkylation sites (tertiary alicyclic amines) is 1. The van der Waals surface area contributed by atoms with Crippen LogP contribution in [0.25, 0.3) is 10.9 Å².